The van der Waals surface area contributed by atoms with Crippen molar-refractivity contribution >= 4 is 15.9 Å². The number of hydrogen-bond acceptors (Lipinski definition) is 3. The van der Waals surface area contributed by atoms with Crippen LogP contribution in [0.25, 0.3) is 0 Å². The molecule has 0 radical (unpaired) electrons. The Morgan fingerprint density at radius 3 is 2.80 bits per heavy atom. The number of nitrogens with zero attached hydrogens (tertiary/aromatic N) is 1. The fraction of sp³-hybridized carbons (Fsp3) is 0.300. The molecular weight excluding hydrogens is 212 g/mol. The van der Waals surface area contributed by atoms with Crippen LogP contribution in [0, 0.1) is 0 Å². The summed E-state index contributed by atoms with van der Waals surface area (Å²) in [7, 11) is -3.54. The van der Waals surface area contributed by atoms with E-state index in [4.69, 9.17) is 5.73 Å². The first-order valence-electron chi connectivity index (χ1n) is 4.79. The monoisotopic (exact) mass is 224 g/mol. The molecule has 80 valence electrons. The van der Waals surface area contributed by atoms with Crippen LogP contribution < -0.4 is 5.73 Å². The average molecular weight is 224 g/mol. The molecule has 1 aromatic carbocycles. The zero-order valence-electron chi connectivity index (χ0n) is 8.40. The molecule has 2 N–H and O–H groups in total. The smallest absolute Gasteiger partial charge is 0.285 e. The molecule has 1 heterocycles. The third-order valence-corrected chi connectivity index (χ3v) is 3.80. The van der Waals surface area contributed by atoms with Crippen molar-refractivity contribution in [2.75, 3.05) is 0 Å². The van der Waals surface area contributed by atoms with E-state index >= 15 is 0 Å². The standard InChI is InChI=1S/C10H12N2O2S/c1-2-4-7-5-3-6-8-9(7)15(13,14)12-10(8)11/h3,5-6H,2,4H2,1H3,(H2,11,12). The normalized spacial score (nSPS) is 17.3. The van der Waals surface area contributed by atoms with Gasteiger partial charge in [-0.3, -0.25) is 0 Å². The van der Waals surface area contributed by atoms with Crippen molar-refractivity contribution in [3.8, 4) is 0 Å². The molecule has 0 saturated heterocycles. The first-order valence-corrected chi connectivity index (χ1v) is 6.23. The zero-order chi connectivity index (χ0) is 11.1. The maximum atomic E-state index is 11.7. The third-order valence-electron chi connectivity index (χ3n) is 2.37. The van der Waals surface area contributed by atoms with Gasteiger partial charge in [0.15, 0.2) is 0 Å². The molecule has 1 aliphatic rings. The number of hydrogen-bond donors (Lipinski definition) is 1. The maximum absolute atomic E-state index is 11.7. The molecule has 2 rings (SSSR count). The van der Waals surface area contributed by atoms with Crippen LogP contribution in [0.2, 0.25) is 0 Å². The molecule has 0 atom stereocenters. The molecule has 0 bridgehead atoms. The lowest BCUT2D eigenvalue weighted by Crippen LogP contribution is -2.10. The minimum atomic E-state index is -3.54. The molecule has 0 fully saturated rings. The lowest BCUT2D eigenvalue weighted by atomic mass is 10.1. The van der Waals surface area contributed by atoms with Crippen LogP contribution in [-0.2, 0) is 16.4 Å². The van der Waals surface area contributed by atoms with E-state index in [9.17, 15) is 8.42 Å². The van der Waals surface area contributed by atoms with Crippen LogP contribution in [0.3, 0.4) is 0 Å². The summed E-state index contributed by atoms with van der Waals surface area (Å²) >= 11 is 0. The van der Waals surface area contributed by atoms with Crippen LogP contribution in [0.15, 0.2) is 27.5 Å². The second kappa shape index (κ2) is 3.34. The predicted molar refractivity (Wildman–Crippen MR) is 58.3 cm³/mol. The fourth-order valence-corrected chi connectivity index (χ4v) is 3.18. The Morgan fingerprint density at radius 2 is 2.13 bits per heavy atom. The van der Waals surface area contributed by atoms with Gasteiger partial charge in [0.2, 0.25) is 0 Å². The summed E-state index contributed by atoms with van der Waals surface area (Å²) in [6, 6.07) is 5.32. The van der Waals surface area contributed by atoms with Crippen LogP contribution >= 0.6 is 0 Å². The van der Waals surface area contributed by atoms with Crippen LogP contribution in [0.5, 0.6) is 0 Å². The van der Waals surface area contributed by atoms with Gasteiger partial charge in [-0.25, -0.2) is 0 Å². The summed E-state index contributed by atoms with van der Waals surface area (Å²) in [6.07, 6.45) is 1.62. The molecule has 1 aromatic rings. The zero-order valence-corrected chi connectivity index (χ0v) is 9.21. The van der Waals surface area contributed by atoms with Crippen molar-refractivity contribution < 1.29 is 8.42 Å². The number of amidine groups is 1. The molecule has 1 aliphatic heterocycles. The van der Waals surface area contributed by atoms with Gasteiger partial charge in [0.25, 0.3) is 10.0 Å². The van der Waals surface area contributed by atoms with Gasteiger partial charge >= 0.3 is 0 Å². The number of nitrogens with two attached hydrogens (primary N) is 1. The molecule has 0 unspecified atom stereocenters. The highest BCUT2D eigenvalue weighted by Gasteiger charge is 2.29. The van der Waals surface area contributed by atoms with Crippen molar-refractivity contribution in [3.05, 3.63) is 29.3 Å². The van der Waals surface area contributed by atoms with E-state index < -0.39 is 10.0 Å². The minimum absolute atomic E-state index is 0.1000. The van der Waals surface area contributed by atoms with Gasteiger partial charge in [-0.15, -0.1) is 4.40 Å². The van der Waals surface area contributed by atoms with Crippen molar-refractivity contribution in [2.24, 2.45) is 10.1 Å². The molecule has 0 spiro atoms. The highest BCUT2D eigenvalue weighted by molar-refractivity contribution is 7.90. The summed E-state index contributed by atoms with van der Waals surface area (Å²) in [5.74, 6) is 0.1000. The largest absolute Gasteiger partial charge is 0.382 e. The third kappa shape index (κ3) is 1.52. The Kier molecular flexibility index (Phi) is 2.26. The first-order chi connectivity index (χ1) is 7.06. The summed E-state index contributed by atoms with van der Waals surface area (Å²) < 4.78 is 26.9. The summed E-state index contributed by atoms with van der Waals surface area (Å²) in [4.78, 5) is 0.296. The number of rotatable bonds is 2. The van der Waals surface area contributed by atoms with Gasteiger partial charge in [-0.05, 0) is 18.1 Å². The van der Waals surface area contributed by atoms with Crippen LogP contribution in [-0.4, -0.2) is 14.3 Å². The summed E-state index contributed by atoms with van der Waals surface area (Å²) in [5.41, 5.74) is 6.91. The lowest BCUT2D eigenvalue weighted by Gasteiger charge is -2.05. The van der Waals surface area contributed by atoms with E-state index in [1.165, 1.54) is 0 Å². The van der Waals surface area contributed by atoms with Gasteiger partial charge < -0.3 is 5.73 Å². The molecule has 0 aromatic heterocycles. The summed E-state index contributed by atoms with van der Waals surface area (Å²) in [6.45, 7) is 2.01. The average Bonchev–Trinajstić information content (AvgIpc) is 2.39. The van der Waals surface area contributed by atoms with Crippen molar-refractivity contribution in [1.29, 1.82) is 0 Å². The number of fused-ring (bicyclic) bond motifs is 1. The Labute approximate surface area is 88.9 Å². The molecule has 0 aliphatic carbocycles. The van der Waals surface area contributed by atoms with Crippen molar-refractivity contribution in [3.63, 3.8) is 0 Å². The Hall–Kier alpha value is -1.36. The predicted octanol–water partition coefficient (Wildman–Crippen LogP) is 1.05. The van der Waals surface area contributed by atoms with Gasteiger partial charge in [0.1, 0.15) is 10.7 Å². The van der Waals surface area contributed by atoms with Crippen LogP contribution in [0.1, 0.15) is 24.5 Å². The van der Waals surface area contributed by atoms with Gasteiger partial charge in [0.05, 0.1) is 0 Å². The maximum Gasteiger partial charge on any atom is 0.285 e. The van der Waals surface area contributed by atoms with E-state index in [1.54, 1.807) is 6.07 Å². The highest BCUT2D eigenvalue weighted by Crippen LogP contribution is 2.28. The van der Waals surface area contributed by atoms with E-state index in [-0.39, 0.29) is 5.84 Å². The second-order valence-corrected chi connectivity index (χ2v) is 5.04. The number of benzene rings is 1. The molecule has 5 heteroatoms. The lowest BCUT2D eigenvalue weighted by molar-refractivity contribution is 0.598. The molecule has 0 amide bonds. The topological polar surface area (TPSA) is 72.5 Å². The van der Waals surface area contributed by atoms with E-state index in [1.807, 2.05) is 19.1 Å². The second-order valence-electron chi connectivity index (χ2n) is 3.50. The quantitative estimate of drug-likeness (QED) is 0.816. The number of aryl methyl sites for hydroxylation is 1. The van der Waals surface area contributed by atoms with Crippen molar-refractivity contribution in [2.45, 2.75) is 24.7 Å². The minimum Gasteiger partial charge on any atom is -0.382 e. The SMILES string of the molecule is CCCc1cccc2c1S(=O)(=O)N=C2N. The molecule has 4 nitrogen and oxygen atoms in total. The molecule has 15 heavy (non-hydrogen) atoms. The number of sulfonamides is 1. The Morgan fingerprint density at radius 1 is 1.40 bits per heavy atom. The van der Waals surface area contributed by atoms with Gasteiger partial charge in [0, 0.05) is 5.56 Å². The van der Waals surface area contributed by atoms with E-state index in [0.29, 0.717) is 10.5 Å². The fourth-order valence-electron chi connectivity index (χ4n) is 1.78. The van der Waals surface area contributed by atoms with Crippen molar-refractivity contribution in [1.82, 2.24) is 0 Å². The van der Waals surface area contributed by atoms with E-state index in [0.717, 1.165) is 18.4 Å². The van der Waals surface area contributed by atoms with Gasteiger partial charge in [-0.1, -0.05) is 25.5 Å². The van der Waals surface area contributed by atoms with Gasteiger partial charge in [-0.2, -0.15) is 8.42 Å². The summed E-state index contributed by atoms with van der Waals surface area (Å²) in [5, 5.41) is 0. The Bertz CT molecular complexity index is 532. The Balaban J connectivity index is 2.70. The van der Waals surface area contributed by atoms with Crippen LogP contribution in [0.4, 0.5) is 0 Å². The molecular formula is C10H12N2O2S. The highest BCUT2D eigenvalue weighted by atomic mass is 32.2. The first kappa shape index (κ1) is 10.2. The molecule has 0 saturated carbocycles. The van der Waals surface area contributed by atoms with E-state index in [2.05, 4.69) is 4.40 Å².